The molecule has 54 heavy (non-hydrogen) atoms. The number of benzene rings is 1. The number of anilines is 2. The lowest BCUT2D eigenvalue weighted by Gasteiger charge is -2.39. The van der Waals surface area contributed by atoms with Crippen LogP contribution in [0.1, 0.15) is 49.3 Å². The highest BCUT2D eigenvalue weighted by molar-refractivity contribution is 5.87. The van der Waals surface area contributed by atoms with Gasteiger partial charge in [0.05, 0.1) is 29.7 Å². The Morgan fingerprint density at radius 3 is 2.74 bits per heavy atom. The molecule has 14 nitrogen and oxygen atoms in total. The minimum atomic E-state index is -1.16. The number of allylic oxidation sites excluding steroid dienone is 1. The molecule has 8 rings (SSSR count). The van der Waals surface area contributed by atoms with Crippen molar-refractivity contribution in [3.8, 4) is 22.8 Å². The van der Waals surface area contributed by atoms with Crippen molar-refractivity contribution in [2.24, 2.45) is 4.99 Å². The molecule has 4 aliphatic rings. The fourth-order valence-corrected chi connectivity index (χ4v) is 7.66. The number of fused-ring (bicyclic) bond motifs is 3. The molecule has 6 N–H and O–H groups in total. The van der Waals surface area contributed by atoms with Crippen LogP contribution in [0.25, 0.3) is 22.2 Å². The molecule has 7 heterocycles. The number of carbonyl (C=O) groups excluding carboxylic acids is 1. The third-order valence-corrected chi connectivity index (χ3v) is 10.5. The van der Waals surface area contributed by atoms with Crippen molar-refractivity contribution < 1.29 is 28.5 Å². The van der Waals surface area contributed by atoms with Crippen LogP contribution in [0.15, 0.2) is 74.1 Å². The average molecular weight is 734 g/mol. The number of phenols is 1. The van der Waals surface area contributed by atoms with Gasteiger partial charge in [-0.25, -0.2) is 14.8 Å². The fourth-order valence-electron chi connectivity index (χ4n) is 7.66. The minimum absolute atomic E-state index is 0.0621. The van der Waals surface area contributed by atoms with Gasteiger partial charge in [0.25, 0.3) is 0 Å². The van der Waals surface area contributed by atoms with Crippen LogP contribution in [0.4, 0.5) is 11.6 Å². The van der Waals surface area contributed by atoms with E-state index < -0.39 is 29.4 Å². The molecular weight excluding hydrogens is 690 g/mol. The van der Waals surface area contributed by atoms with Gasteiger partial charge >= 0.3 is 5.97 Å². The van der Waals surface area contributed by atoms with E-state index in [1.54, 1.807) is 19.1 Å². The highest BCUT2D eigenvalue weighted by Crippen LogP contribution is 2.47. The number of aromatic hydroxyl groups is 1. The third-order valence-electron chi connectivity index (χ3n) is 10.5. The second-order valence-electron chi connectivity index (χ2n) is 14.9. The van der Waals surface area contributed by atoms with Gasteiger partial charge in [-0.3, -0.25) is 9.79 Å². The predicted octanol–water partition coefficient (Wildman–Crippen LogP) is 4.10. The molecule has 0 radical (unpaired) electrons. The molecule has 14 heteroatoms. The molecular formula is C40H43N7O7. The van der Waals surface area contributed by atoms with Crippen molar-refractivity contribution in [1.82, 2.24) is 20.2 Å². The Morgan fingerprint density at radius 2 is 1.94 bits per heavy atom. The lowest BCUT2D eigenvalue weighted by Crippen LogP contribution is -2.50. The van der Waals surface area contributed by atoms with Crippen LogP contribution in [0.2, 0.25) is 0 Å². The third kappa shape index (κ3) is 6.56. The highest BCUT2D eigenvalue weighted by Gasteiger charge is 2.63. The molecule has 1 saturated heterocycles. The van der Waals surface area contributed by atoms with Crippen LogP contribution in [-0.2, 0) is 33.7 Å². The van der Waals surface area contributed by atoms with E-state index in [4.69, 9.17) is 30.1 Å². The number of carbonyl (C=O) groups is 1. The van der Waals surface area contributed by atoms with Crippen LogP contribution in [0, 0.1) is 6.92 Å². The van der Waals surface area contributed by atoms with Gasteiger partial charge in [0.15, 0.2) is 11.0 Å². The molecule has 3 unspecified atom stereocenters. The molecule has 280 valence electrons. The number of aliphatic imine (C=N–C) groups is 1. The number of rotatable bonds is 11. The van der Waals surface area contributed by atoms with Gasteiger partial charge in [0.1, 0.15) is 51.6 Å². The maximum Gasteiger partial charge on any atom is 0.341 e. The van der Waals surface area contributed by atoms with Gasteiger partial charge in [-0.15, -0.1) is 0 Å². The monoisotopic (exact) mass is 733 g/mol. The Kier molecular flexibility index (Phi) is 8.69. The zero-order chi connectivity index (χ0) is 37.9. The van der Waals surface area contributed by atoms with Crippen molar-refractivity contribution in [3.63, 3.8) is 0 Å². The summed E-state index contributed by atoms with van der Waals surface area (Å²) in [6.07, 6.45) is 6.31. The number of hydrogen-bond donors (Lipinski definition) is 4. The lowest BCUT2D eigenvalue weighted by molar-refractivity contribution is -0.167. The fraction of sp³-hybridized carbons (Fsp3) is 0.375. The van der Waals surface area contributed by atoms with Crippen molar-refractivity contribution in [3.05, 3.63) is 92.7 Å². The number of nitrogens with zero attached hydrogens (tertiary/aromatic N) is 4. The van der Waals surface area contributed by atoms with E-state index in [0.29, 0.717) is 66.8 Å². The minimum Gasteiger partial charge on any atom is -0.507 e. The number of aromatic nitrogens is 2. The van der Waals surface area contributed by atoms with Crippen LogP contribution in [-0.4, -0.2) is 75.7 Å². The molecule has 0 aliphatic carbocycles. The summed E-state index contributed by atoms with van der Waals surface area (Å²) < 4.78 is 24.4. The topological polar surface area (TPSA) is 204 Å². The molecule has 3 aromatic heterocycles. The first-order chi connectivity index (χ1) is 25.8. The Labute approximate surface area is 311 Å². The molecule has 1 fully saturated rings. The molecule has 4 aliphatic heterocycles. The van der Waals surface area contributed by atoms with E-state index in [1.807, 2.05) is 57.6 Å². The number of hydrogen-bond acceptors (Lipinski definition) is 14. The van der Waals surface area contributed by atoms with Crippen molar-refractivity contribution in [2.75, 3.05) is 31.6 Å². The Bertz CT molecular complexity index is 2350. The standard InChI is InChI=1S/C40H43N7O7/c1-21-11-29(48)36-31(51-21)17-30-26(37(36)49)16-33(39(2,3)53-30)52-38(50)40(8-10-43-4)32(54-40)6-5-22-12-27(46-34(41)13-22)24-14-25(45-35(42)15-24)19-47-18-23-7-9-44-28(23)20-47/h7,9,11-15,17,20,32-33,43,49H,5-6,8,10,16,18-19H2,1-4H3,(H2,41,46)(H2,42,45). The summed E-state index contributed by atoms with van der Waals surface area (Å²) in [5, 5.41) is 14.4. The van der Waals surface area contributed by atoms with E-state index >= 15 is 0 Å². The van der Waals surface area contributed by atoms with Gasteiger partial charge in [0.2, 0.25) is 0 Å². The maximum absolute atomic E-state index is 14.0. The Balaban J connectivity index is 0.970. The summed E-state index contributed by atoms with van der Waals surface area (Å²) in [5.74, 6) is 0.803. The summed E-state index contributed by atoms with van der Waals surface area (Å²) in [5.41, 5.74) is 16.0. The van der Waals surface area contributed by atoms with Crippen LogP contribution in [0.5, 0.6) is 11.5 Å². The molecule has 0 amide bonds. The zero-order valence-electron chi connectivity index (χ0n) is 30.6. The molecule has 1 aromatic carbocycles. The summed E-state index contributed by atoms with van der Waals surface area (Å²) in [7, 11) is 1.81. The molecule has 3 atom stereocenters. The summed E-state index contributed by atoms with van der Waals surface area (Å²) in [4.78, 5) is 42.5. The maximum atomic E-state index is 14.0. The van der Waals surface area contributed by atoms with Gasteiger partial charge in [-0.1, -0.05) is 0 Å². The van der Waals surface area contributed by atoms with Gasteiger partial charge in [0, 0.05) is 60.6 Å². The van der Waals surface area contributed by atoms with Gasteiger partial charge in [-0.2, -0.15) is 0 Å². The number of phenolic OH excluding ortho intramolecular Hbond substituents is 1. The highest BCUT2D eigenvalue weighted by atomic mass is 16.7. The summed E-state index contributed by atoms with van der Waals surface area (Å²) in [6, 6.07) is 10.5. The number of nitrogen functional groups attached to an aromatic ring is 2. The number of epoxide rings is 1. The SMILES string of the molecule is CNCCC1(C(=O)OC2Cc3c(cc4oc(C)cc(=O)c4c3O)OC2(C)C)OC1CCc1cc(N)nc(-c2cc(N)nc(CN3C=C4N=CC=C4C3)c2)c1. The van der Waals surface area contributed by atoms with Crippen molar-refractivity contribution in [1.29, 1.82) is 0 Å². The van der Waals surface area contributed by atoms with Crippen molar-refractivity contribution in [2.45, 2.75) is 76.4 Å². The number of nitrogens with one attached hydrogen (secondary N) is 1. The quantitative estimate of drug-likeness (QED) is 0.127. The largest absolute Gasteiger partial charge is 0.507 e. The number of esters is 1. The lowest BCUT2D eigenvalue weighted by atomic mass is 9.89. The molecule has 0 saturated carbocycles. The van der Waals surface area contributed by atoms with Gasteiger partial charge < -0.3 is 45.4 Å². The van der Waals surface area contributed by atoms with Crippen molar-refractivity contribution >= 4 is 34.8 Å². The first kappa shape index (κ1) is 35.3. The summed E-state index contributed by atoms with van der Waals surface area (Å²) >= 11 is 0. The molecule has 4 aromatic rings. The van der Waals surface area contributed by atoms with E-state index in [9.17, 15) is 14.7 Å². The summed E-state index contributed by atoms with van der Waals surface area (Å²) in [6.45, 7) is 7.16. The van der Waals surface area contributed by atoms with Crippen LogP contribution >= 0.6 is 0 Å². The normalized spacial score (nSPS) is 22.0. The zero-order valence-corrected chi connectivity index (χ0v) is 30.6. The molecule has 0 spiro atoms. The van der Waals surface area contributed by atoms with E-state index in [2.05, 4.69) is 25.2 Å². The molecule has 0 bridgehead atoms. The van der Waals surface area contributed by atoms with E-state index in [0.717, 1.165) is 29.1 Å². The van der Waals surface area contributed by atoms with E-state index in [-0.39, 0.29) is 28.6 Å². The van der Waals surface area contributed by atoms with Gasteiger partial charge in [-0.05, 0) is 83.1 Å². The Hall–Kier alpha value is -5.73. The number of nitrogens with two attached hydrogens (primary N) is 2. The number of pyridine rings is 2. The number of aryl methyl sites for hydroxylation is 2. The second kappa shape index (κ2) is 13.3. The predicted molar refractivity (Wildman–Crippen MR) is 203 cm³/mol. The first-order valence-corrected chi connectivity index (χ1v) is 18.1. The first-order valence-electron chi connectivity index (χ1n) is 18.1. The average Bonchev–Trinajstić information content (AvgIpc) is 3.42. The van der Waals surface area contributed by atoms with E-state index in [1.165, 1.54) is 11.6 Å². The van der Waals surface area contributed by atoms with Crippen LogP contribution < -0.4 is 26.9 Å². The second-order valence-corrected chi connectivity index (χ2v) is 14.9. The Morgan fingerprint density at radius 1 is 1.13 bits per heavy atom. The smallest absolute Gasteiger partial charge is 0.341 e. The number of ether oxygens (including phenoxy) is 3. The van der Waals surface area contributed by atoms with Crippen LogP contribution in [0.3, 0.4) is 0 Å².